The number of ether oxygens (including phenoxy) is 2. The van der Waals surface area contributed by atoms with E-state index in [0.29, 0.717) is 0 Å². The summed E-state index contributed by atoms with van der Waals surface area (Å²) in [4.78, 5) is 34.5. The summed E-state index contributed by atoms with van der Waals surface area (Å²) in [5.74, 6) is -5.44. The molecule has 1 aromatic rings. The van der Waals surface area contributed by atoms with Crippen LogP contribution in [0.5, 0.6) is 11.5 Å². The van der Waals surface area contributed by atoms with E-state index in [1.165, 1.54) is 27.7 Å². The number of carboxylic acids is 1. The van der Waals surface area contributed by atoms with Crippen LogP contribution in [0.4, 0.5) is 0 Å². The zero-order valence-electron chi connectivity index (χ0n) is 13.9. The highest BCUT2D eigenvalue weighted by molar-refractivity contribution is 8.13. The number of hydrogen-bond donors (Lipinski definition) is 1. The molecule has 0 atom stereocenters. The molecule has 8 nitrogen and oxygen atoms in total. The minimum Gasteiger partial charge on any atom is -0.478 e. The summed E-state index contributed by atoms with van der Waals surface area (Å²) in [6.45, 7) is 6.06. The normalized spacial score (nSPS) is 11.5. The summed E-state index contributed by atoms with van der Waals surface area (Å²) >= 11 is 0. The quantitative estimate of drug-likeness (QED) is 0.444. The number of halogens is 1. The molecule has 0 aliphatic heterocycles. The van der Waals surface area contributed by atoms with E-state index in [-0.39, 0.29) is 0 Å². The third-order valence-corrected chi connectivity index (χ3v) is 4.23. The van der Waals surface area contributed by atoms with E-state index in [4.69, 9.17) is 20.2 Å². The van der Waals surface area contributed by atoms with E-state index in [0.717, 1.165) is 12.1 Å². The van der Waals surface area contributed by atoms with Crippen molar-refractivity contribution in [1.82, 2.24) is 0 Å². The van der Waals surface area contributed by atoms with Gasteiger partial charge in [0.25, 0.3) is 9.05 Å². The largest absolute Gasteiger partial charge is 0.478 e. The Labute approximate surface area is 149 Å². The van der Waals surface area contributed by atoms with Gasteiger partial charge in [0.2, 0.25) is 0 Å². The lowest BCUT2D eigenvalue weighted by Gasteiger charge is -2.16. The maximum atomic E-state index is 11.8. The molecule has 1 N–H and O–H groups in total. The maximum Gasteiger partial charge on any atom is 0.339 e. The lowest BCUT2D eigenvalue weighted by atomic mass is 10.1. The van der Waals surface area contributed by atoms with Gasteiger partial charge in [-0.15, -0.1) is 0 Å². The maximum absolute atomic E-state index is 11.8. The van der Waals surface area contributed by atoms with Gasteiger partial charge in [-0.2, -0.15) is 0 Å². The Bertz CT molecular complexity index is 811. The van der Waals surface area contributed by atoms with Crippen LogP contribution in [0.1, 0.15) is 38.1 Å². The van der Waals surface area contributed by atoms with Gasteiger partial charge in [0.1, 0.15) is 5.56 Å². The van der Waals surface area contributed by atoms with Gasteiger partial charge in [-0.05, 0) is 6.07 Å². The van der Waals surface area contributed by atoms with E-state index in [9.17, 15) is 27.9 Å². The van der Waals surface area contributed by atoms with Crippen molar-refractivity contribution in [3.8, 4) is 11.5 Å². The number of rotatable bonds is 6. The first-order valence-corrected chi connectivity index (χ1v) is 9.45. The van der Waals surface area contributed by atoms with Crippen LogP contribution < -0.4 is 9.47 Å². The molecule has 0 saturated carbocycles. The van der Waals surface area contributed by atoms with Crippen LogP contribution in [0.25, 0.3) is 0 Å². The number of hydrogen-bond acceptors (Lipinski definition) is 7. The molecular weight excluding hydrogens is 376 g/mol. The van der Waals surface area contributed by atoms with Gasteiger partial charge >= 0.3 is 17.9 Å². The van der Waals surface area contributed by atoms with E-state index >= 15 is 0 Å². The van der Waals surface area contributed by atoms with Crippen molar-refractivity contribution >= 4 is 37.6 Å². The Hall–Kier alpha value is -2.13. The van der Waals surface area contributed by atoms with Crippen LogP contribution in [-0.2, 0) is 18.6 Å². The van der Waals surface area contributed by atoms with E-state index in [2.05, 4.69) is 0 Å². The lowest BCUT2D eigenvalue weighted by molar-refractivity contribution is -0.140. The van der Waals surface area contributed by atoms with Crippen molar-refractivity contribution in [1.29, 1.82) is 0 Å². The SMILES string of the molecule is CC(C)C(=O)Oc1cc(S(=O)(=O)Cl)cc(C(=O)O)c1OC(=O)C(C)C. The van der Waals surface area contributed by atoms with Crippen molar-refractivity contribution < 1.29 is 37.4 Å². The molecule has 0 fully saturated rings. The fourth-order valence-electron chi connectivity index (χ4n) is 1.50. The first-order chi connectivity index (χ1) is 11.3. The fourth-order valence-corrected chi connectivity index (χ4v) is 2.28. The van der Waals surface area contributed by atoms with Crippen molar-refractivity contribution in [2.45, 2.75) is 32.6 Å². The molecule has 0 amide bonds. The first-order valence-electron chi connectivity index (χ1n) is 7.14. The molecule has 0 aliphatic rings. The van der Waals surface area contributed by atoms with Gasteiger partial charge in [0, 0.05) is 16.7 Å². The number of benzene rings is 1. The predicted octanol–water partition coefficient (Wildman–Crippen LogP) is 2.44. The minimum absolute atomic E-state index is 0.521. The second-order valence-corrected chi connectivity index (χ2v) is 8.26. The Morgan fingerprint density at radius 2 is 1.48 bits per heavy atom. The van der Waals surface area contributed by atoms with Crippen molar-refractivity contribution in [2.75, 3.05) is 0 Å². The fraction of sp³-hybridized carbons (Fsp3) is 0.400. The molecule has 0 saturated heterocycles. The predicted molar refractivity (Wildman–Crippen MR) is 87.4 cm³/mol. The summed E-state index contributed by atoms with van der Waals surface area (Å²) in [5.41, 5.74) is -0.678. The summed E-state index contributed by atoms with van der Waals surface area (Å²) in [7, 11) is 0.924. The Kier molecular flexibility index (Phi) is 6.55. The van der Waals surface area contributed by atoms with Crippen molar-refractivity contribution in [2.24, 2.45) is 11.8 Å². The number of aromatic carboxylic acids is 1. The highest BCUT2D eigenvalue weighted by atomic mass is 35.7. The Balaban J connectivity index is 3.65. The summed E-state index contributed by atoms with van der Waals surface area (Å²) in [5, 5.41) is 9.31. The molecule has 0 aromatic heterocycles. The Morgan fingerprint density at radius 3 is 1.88 bits per heavy atom. The van der Waals surface area contributed by atoms with E-state index in [1.807, 2.05) is 0 Å². The van der Waals surface area contributed by atoms with E-state index < -0.39 is 60.8 Å². The molecule has 138 valence electrons. The third-order valence-electron chi connectivity index (χ3n) is 2.90. The number of carbonyl (C=O) groups excluding carboxylic acids is 2. The molecule has 0 bridgehead atoms. The highest BCUT2D eigenvalue weighted by Gasteiger charge is 2.27. The zero-order chi connectivity index (χ0) is 19.5. The minimum atomic E-state index is -4.32. The van der Waals surface area contributed by atoms with Crippen LogP contribution >= 0.6 is 10.7 Å². The molecule has 1 aromatic carbocycles. The second-order valence-electron chi connectivity index (χ2n) is 5.69. The average Bonchev–Trinajstić information content (AvgIpc) is 2.46. The average molecular weight is 393 g/mol. The molecule has 0 radical (unpaired) electrons. The van der Waals surface area contributed by atoms with Crippen LogP contribution in [0, 0.1) is 11.8 Å². The van der Waals surface area contributed by atoms with Crippen molar-refractivity contribution in [3.63, 3.8) is 0 Å². The van der Waals surface area contributed by atoms with Crippen molar-refractivity contribution in [3.05, 3.63) is 17.7 Å². The molecular formula is C15H17ClO8S. The van der Waals surface area contributed by atoms with Crippen LogP contribution in [-0.4, -0.2) is 31.4 Å². The van der Waals surface area contributed by atoms with Crippen LogP contribution in [0.15, 0.2) is 17.0 Å². The summed E-state index contributed by atoms with van der Waals surface area (Å²) in [6.07, 6.45) is 0. The van der Waals surface area contributed by atoms with Crippen LogP contribution in [0.2, 0.25) is 0 Å². The second kappa shape index (κ2) is 7.83. The lowest BCUT2D eigenvalue weighted by Crippen LogP contribution is -2.20. The van der Waals surface area contributed by atoms with E-state index in [1.54, 1.807) is 0 Å². The zero-order valence-corrected chi connectivity index (χ0v) is 15.5. The molecule has 0 unspecified atom stereocenters. The molecule has 0 aliphatic carbocycles. The van der Waals surface area contributed by atoms with Crippen LogP contribution in [0.3, 0.4) is 0 Å². The molecule has 0 heterocycles. The van der Waals surface area contributed by atoms with Gasteiger partial charge in [-0.3, -0.25) is 9.59 Å². The number of esters is 2. The molecule has 0 spiro atoms. The number of carbonyl (C=O) groups is 3. The Morgan fingerprint density at radius 1 is 1.00 bits per heavy atom. The molecule has 1 rings (SSSR count). The summed E-state index contributed by atoms with van der Waals surface area (Å²) < 4.78 is 33.1. The third kappa shape index (κ3) is 5.43. The van der Waals surface area contributed by atoms with Gasteiger partial charge in [-0.25, -0.2) is 13.2 Å². The van der Waals surface area contributed by atoms with Gasteiger partial charge in [0.05, 0.1) is 16.7 Å². The molecule has 25 heavy (non-hydrogen) atoms. The highest BCUT2D eigenvalue weighted by Crippen LogP contribution is 2.36. The summed E-state index contributed by atoms with van der Waals surface area (Å²) in [6, 6.07) is 1.55. The first kappa shape index (κ1) is 20.9. The number of carboxylic acid groups (broad SMARTS) is 1. The van der Waals surface area contributed by atoms with Gasteiger partial charge in [0.15, 0.2) is 11.5 Å². The smallest absolute Gasteiger partial charge is 0.339 e. The topological polar surface area (TPSA) is 124 Å². The monoisotopic (exact) mass is 392 g/mol. The van der Waals surface area contributed by atoms with Gasteiger partial charge < -0.3 is 14.6 Å². The standard InChI is InChI=1S/C15H17ClO8S/c1-7(2)14(19)23-11-6-9(25(16,21)22)5-10(13(17)18)12(11)24-15(20)8(3)4/h5-8H,1-4H3,(H,17,18). The molecule has 10 heteroatoms. The van der Waals surface area contributed by atoms with Gasteiger partial charge in [-0.1, -0.05) is 27.7 Å².